The molecule has 0 amide bonds. The Morgan fingerprint density at radius 2 is 2.10 bits per heavy atom. The summed E-state index contributed by atoms with van der Waals surface area (Å²) in [6, 6.07) is 5.90. The first-order chi connectivity index (χ1) is 9.77. The highest BCUT2D eigenvalue weighted by molar-refractivity contribution is 6.05. The van der Waals surface area contributed by atoms with Gasteiger partial charge in [-0.1, -0.05) is 31.4 Å². The number of rotatable bonds is 4. The highest BCUT2D eigenvalue weighted by Gasteiger charge is 2.42. The molecular weight excluding hydrogens is 252 g/mol. The third-order valence-corrected chi connectivity index (χ3v) is 4.45. The van der Waals surface area contributed by atoms with Crippen LogP contribution in [0.5, 0.6) is 5.75 Å². The Morgan fingerprint density at radius 1 is 1.30 bits per heavy atom. The van der Waals surface area contributed by atoms with E-state index in [4.69, 9.17) is 9.47 Å². The molecule has 1 aromatic carbocycles. The number of hydrogen-bond acceptors (Lipinski definition) is 3. The lowest BCUT2D eigenvalue weighted by molar-refractivity contribution is -0.0412. The molecule has 3 heteroatoms. The maximum atomic E-state index is 13.1. The zero-order chi connectivity index (χ0) is 14.0. The first-order valence-electron chi connectivity index (χ1n) is 7.70. The SMILES string of the molecule is CCOC1(C(=O)c2cccc3c2OCC3)CCCCC1. The molecular formula is C17H22O3. The lowest BCUT2D eigenvalue weighted by Crippen LogP contribution is -2.43. The normalized spacial score (nSPS) is 20.2. The topological polar surface area (TPSA) is 35.5 Å². The van der Waals surface area contributed by atoms with Gasteiger partial charge in [0.1, 0.15) is 11.4 Å². The molecule has 20 heavy (non-hydrogen) atoms. The Bertz CT molecular complexity index is 495. The molecule has 1 aromatic rings. The lowest BCUT2D eigenvalue weighted by atomic mass is 9.79. The van der Waals surface area contributed by atoms with Crippen molar-refractivity contribution in [2.24, 2.45) is 0 Å². The number of benzene rings is 1. The van der Waals surface area contributed by atoms with Crippen LogP contribution in [0.25, 0.3) is 0 Å². The summed E-state index contributed by atoms with van der Waals surface area (Å²) in [6.07, 6.45) is 5.92. The van der Waals surface area contributed by atoms with Gasteiger partial charge in [-0.15, -0.1) is 0 Å². The fourth-order valence-corrected chi connectivity index (χ4v) is 3.48. The highest BCUT2D eigenvalue weighted by atomic mass is 16.5. The van der Waals surface area contributed by atoms with Crippen LogP contribution in [0.3, 0.4) is 0 Å². The molecule has 1 aliphatic carbocycles. The Labute approximate surface area is 120 Å². The number of carbonyl (C=O) groups is 1. The largest absolute Gasteiger partial charge is 0.492 e. The van der Waals surface area contributed by atoms with Crippen molar-refractivity contribution in [3.05, 3.63) is 29.3 Å². The number of ketones is 1. The summed E-state index contributed by atoms with van der Waals surface area (Å²) < 4.78 is 11.6. The average molecular weight is 274 g/mol. The molecule has 3 rings (SSSR count). The quantitative estimate of drug-likeness (QED) is 0.788. The molecule has 1 fully saturated rings. The van der Waals surface area contributed by atoms with Crippen molar-refractivity contribution in [2.45, 2.75) is 51.0 Å². The van der Waals surface area contributed by atoms with Gasteiger partial charge in [0.25, 0.3) is 0 Å². The van der Waals surface area contributed by atoms with Gasteiger partial charge in [-0.2, -0.15) is 0 Å². The molecule has 0 saturated heterocycles. The first-order valence-corrected chi connectivity index (χ1v) is 7.70. The van der Waals surface area contributed by atoms with Crippen molar-refractivity contribution in [3.63, 3.8) is 0 Å². The Balaban J connectivity index is 1.96. The van der Waals surface area contributed by atoms with E-state index < -0.39 is 5.60 Å². The van der Waals surface area contributed by atoms with Gasteiger partial charge < -0.3 is 9.47 Å². The third kappa shape index (κ3) is 2.24. The molecule has 0 atom stereocenters. The second kappa shape index (κ2) is 5.57. The van der Waals surface area contributed by atoms with E-state index in [-0.39, 0.29) is 5.78 Å². The molecule has 3 nitrogen and oxygen atoms in total. The molecule has 1 heterocycles. The van der Waals surface area contributed by atoms with Crippen molar-refractivity contribution in [1.82, 2.24) is 0 Å². The molecule has 0 N–H and O–H groups in total. The van der Waals surface area contributed by atoms with Crippen molar-refractivity contribution in [2.75, 3.05) is 13.2 Å². The zero-order valence-corrected chi connectivity index (χ0v) is 12.1. The van der Waals surface area contributed by atoms with Gasteiger partial charge in [-0.25, -0.2) is 0 Å². The van der Waals surface area contributed by atoms with E-state index in [2.05, 4.69) is 0 Å². The van der Waals surface area contributed by atoms with Gasteiger partial charge in [0.15, 0.2) is 5.78 Å². The highest BCUT2D eigenvalue weighted by Crippen LogP contribution is 2.38. The van der Waals surface area contributed by atoms with E-state index in [9.17, 15) is 4.79 Å². The minimum Gasteiger partial charge on any atom is -0.492 e. The van der Waals surface area contributed by atoms with Crippen LogP contribution in [0.1, 0.15) is 54.9 Å². The van der Waals surface area contributed by atoms with Crippen molar-refractivity contribution >= 4 is 5.78 Å². The summed E-state index contributed by atoms with van der Waals surface area (Å²) >= 11 is 0. The molecule has 1 aliphatic heterocycles. The predicted molar refractivity (Wildman–Crippen MR) is 77.4 cm³/mol. The van der Waals surface area contributed by atoms with E-state index >= 15 is 0 Å². The summed E-state index contributed by atoms with van der Waals surface area (Å²) in [7, 11) is 0. The van der Waals surface area contributed by atoms with Crippen LogP contribution in [-0.2, 0) is 11.2 Å². The molecule has 1 saturated carbocycles. The number of hydrogen-bond donors (Lipinski definition) is 0. The fraction of sp³-hybridized carbons (Fsp3) is 0.588. The standard InChI is InChI=1S/C17H22O3/c1-2-20-17(10-4-3-5-11-17)16(18)14-8-6-7-13-9-12-19-15(13)14/h6-8H,2-5,9-12H2,1H3. The summed E-state index contributed by atoms with van der Waals surface area (Å²) in [4.78, 5) is 13.1. The predicted octanol–water partition coefficient (Wildman–Crippen LogP) is 3.54. The molecule has 0 bridgehead atoms. The fourth-order valence-electron chi connectivity index (χ4n) is 3.48. The van der Waals surface area contributed by atoms with Gasteiger partial charge in [0.05, 0.1) is 12.2 Å². The van der Waals surface area contributed by atoms with Crippen LogP contribution in [0.2, 0.25) is 0 Å². The van der Waals surface area contributed by atoms with E-state index in [1.807, 2.05) is 25.1 Å². The second-order valence-electron chi connectivity index (χ2n) is 5.71. The van der Waals surface area contributed by atoms with Gasteiger partial charge in [0.2, 0.25) is 0 Å². The minimum atomic E-state index is -0.617. The maximum absolute atomic E-state index is 13.1. The molecule has 0 spiro atoms. The van der Waals surface area contributed by atoms with Crippen molar-refractivity contribution in [1.29, 1.82) is 0 Å². The average Bonchev–Trinajstić information content (AvgIpc) is 2.96. The number of para-hydroxylation sites is 1. The summed E-state index contributed by atoms with van der Waals surface area (Å²) in [6.45, 7) is 3.23. The number of ether oxygens (including phenoxy) is 2. The first kappa shape index (κ1) is 13.6. The smallest absolute Gasteiger partial charge is 0.198 e. The van der Waals surface area contributed by atoms with E-state index in [0.29, 0.717) is 13.2 Å². The van der Waals surface area contributed by atoms with E-state index in [0.717, 1.165) is 49.0 Å². The van der Waals surface area contributed by atoms with Crippen molar-refractivity contribution in [3.8, 4) is 5.75 Å². The van der Waals surface area contributed by atoms with Crippen LogP contribution in [0, 0.1) is 0 Å². The van der Waals surface area contributed by atoms with Crippen molar-refractivity contribution < 1.29 is 14.3 Å². The van der Waals surface area contributed by atoms with Gasteiger partial charge in [0, 0.05) is 13.0 Å². The molecule has 0 aromatic heterocycles. The number of fused-ring (bicyclic) bond motifs is 1. The summed E-state index contributed by atoms with van der Waals surface area (Å²) in [5.41, 5.74) is 1.25. The Hall–Kier alpha value is -1.35. The second-order valence-corrected chi connectivity index (χ2v) is 5.71. The van der Waals surface area contributed by atoms with Gasteiger partial charge in [-0.05, 0) is 31.4 Å². The summed E-state index contributed by atoms with van der Waals surface area (Å²) in [5.74, 6) is 0.917. The third-order valence-electron chi connectivity index (χ3n) is 4.45. The van der Waals surface area contributed by atoms with Gasteiger partial charge >= 0.3 is 0 Å². The maximum Gasteiger partial charge on any atom is 0.198 e. The molecule has 108 valence electrons. The van der Waals surface area contributed by atoms with Crippen LogP contribution >= 0.6 is 0 Å². The van der Waals surface area contributed by atoms with Crippen LogP contribution in [-0.4, -0.2) is 24.6 Å². The van der Waals surface area contributed by atoms with E-state index in [1.54, 1.807) is 0 Å². The molecule has 2 aliphatic rings. The lowest BCUT2D eigenvalue weighted by Gasteiger charge is -2.35. The number of Topliss-reactive ketones (excluding diaryl/α,β-unsaturated/α-hetero) is 1. The Kier molecular flexibility index (Phi) is 3.79. The van der Waals surface area contributed by atoms with Crippen LogP contribution in [0.4, 0.5) is 0 Å². The van der Waals surface area contributed by atoms with Crippen LogP contribution < -0.4 is 4.74 Å². The van der Waals surface area contributed by atoms with E-state index in [1.165, 1.54) is 6.42 Å². The molecule has 0 radical (unpaired) electrons. The zero-order valence-electron chi connectivity index (χ0n) is 12.1. The van der Waals surface area contributed by atoms with Crippen LogP contribution in [0.15, 0.2) is 18.2 Å². The number of carbonyl (C=O) groups excluding carboxylic acids is 1. The minimum absolute atomic E-state index is 0.123. The van der Waals surface area contributed by atoms with Gasteiger partial charge in [-0.3, -0.25) is 4.79 Å². The monoisotopic (exact) mass is 274 g/mol. The summed E-state index contributed by atoms with van der Waals surface area (Å²) in [5, 5.41) is 0. The Morgan fingerprint density at radius 3 is 2.85 bits per heavy atom. The molecule has 0 unspecified atom stereocenters.